The molecule has 0 spiro atoms. The lowest BCUT2D eigenvalue weighted by molar-refractivity contribution is -0.873. The first-order chi connectivity index (χ1) is 9.06. The first-order valence-corrected chi connectivity index (χ1v) is 7.43. The van der Waals surface area contributed by atoms with Crippen LogP contribution in [0, 0.1) is 17.2 Å². The fraction of sp³-hybridized carbons (Fsp3) is 0.429. The minimum atomic E-state index is -0.0358. The number of nitrogens with one attached hydrogen (secondary N) is 2. The van der Waals surface area contributed by atoms with Crippen LogP contribution in [-0.4, -0.2) is 32.3 Å². The zero-order valence-corrected chi connectivity index (χ0v) is 12.4. The number of hydrogen-bond acceptors (Lipinski definition) is 3. The molecule has 1 aromatic carbocycles. The summed E-state index contributed by atoms with van der Waals surface area (Å²) >= 11 is 1.61. The Morgan fingerprint density at radius 3 is 2.84 bits per heavy atom. The standard InChI is InChI=1S/C14H19N3OS/c1-11(8-15)9-17(2)10-14(18)16-12-6-4-5-7-13(12)19-3/h4-7,11H,9-10H2,1-3H3,(H,16,18)/p+1/t11-/m0/s1. The van der Waals surface area contributed by atoms with Crippen LogP contribution in [0.3, 0.4) is 0 Å². The Bertz CT molecular complexity index is 470. The summed E-state index contributed by atoms with van der Waals surface area (Å²) in [5.74, 6) is -0.0598. The quantitative estimate of drug-likeness (QED) is 0.764. The molecule has 1 unspecified atom stereocenters. The van der Waals surface area contributed by atoms with Crippen LogP contribution >= 0.6 is 11.8 Å². The summed E-state index contributed by atoms with van der Waals surface area (Å²) in [5, 5.41) is 11.7. The molecule has 0 saturated carbocycles. The number of benzene rings is 1. The first-order valence-electron chi connectivity index (χ1n) is 6.20. The SMILES string of the molecule is CSc1ccccc1NC(=O)C[NH+](C)C[C@@H](C)C#N. The lowest BCUT2D eigenvalue weighted by atomic mass is 10.2. The summed E-state index contributed by atoms with van der Waals surface area (Å²) < 4.78 is 0. The highest BCUT2D eigenvalue weighted by Gasteiger charge is 2.14. The van der Waals surface area contributed by atoms with Gasteiger partial charge in [0.25, 0.3) is 5.91 Å². The minimum absolute atomic E-state index is 0.0239. The van der Waals surface area contributed by atoms with Crippen molar-refractivity contribution in [3.05, 3.63) is 24.3 Å². The predicted octanol–water partition coefficient (Wildman–Crippen LogP) is 1.02. The summed E-state index contributed by atoms with van der Waals surface area (Å²) in [6, 6.07) is 9.92. The van der Waals surface area contributed by atoms with E-state index in [1.807, 2.05) is 44.5 Å². The molecule has 0 aromatic heterocycles. The van der Waals surface area contributed by atoms with Crippen molar-refractivity contribution in [1.82, 2.24) is 0 Å². The summed E-state index contributed by atoms with van der Waals surface area (Å²) in [6.45, 7) is 2.91. The van der Waals surface area contributed by atoms with Crippen molar-refractivity contribution in [3.8, 4) is 6.07 Å². The smallest absolute Gasteiger partial charge is 0.279 e. The van der Waals surface area contributed by atoms with E-state index in [4.69, 9.17) is 5.26 Å². The van der Waals surface area contributed by atoms with E-state index in [0.717, 1.165) is 15.5 Å². The van der Waals surface area contributed by atoms with Crippen LogP contribution < -0.4 is 10.2 Å². The average molecular weight is 278 g/mol. The Labute approximate surface area is 118 Å². The maximum absolute atomic E-state index is 11.9. The van der Waals surface area contributed by atoms with Gasteiger partial charge in [-0.3, -0.25) is 4.79 Å². The largest absolute Gasteiger partial charge is 0.329 e. The lowest BCUT2D eigenvalue weighted by Gasteiger charge is -2.15. The maximum atomic E-state index is 11.9. The highest BCUT2D eigenvalue weighted by molar-refractivity contribution is 7.98. The number of thioether (sulfide) groups is 1. The molecule has 0 aliphatic rings. The van der Waals surface area contributed by atoms with Gasteiger partial charge in [-0.05, 0) is 25.3 Å². The van der Waals surface area contributed by atoms with Crippen LogP contribution in [0.15, 0.2) is 29.2 Å². The lowest BCUT2D eigenvalue weighted by Crippen LogP contribution is -3.10. The van der Waals surface area contributed by atoms with Gasteiger partial charge in [0.1, 0.15) is 0 Å². The monoisotopic (exact) mass is 278 g/mol. The fourth-order valence-electron chi connectivity index (χ4n) is 1.86. The van der Waals surface area contributed by atoms with Crippen molar-refractivity contribution in [2.45, 2.75) is 11.8 Å². The van der Waals surface area contributed by atoms with Crippen molar-refractivity contribution < 1.29 is 9.69 Å². The Hall–Kier alpha value is -1.51. The number of hydrogen-bond donors (Lipinski definition) is 2. The number of quaternary nitrogens is 1. The normalized spacial score (nSPS) is 13.4. The third-order valence-electron chi connectivity index (χ3n) is 2.72. The molecule has 0 heterocycles. The van der Waals surface area contributed by atoms with Gasteiger partial charge in [-0.25, -0.2) is 0 Å². The molecular formula is C14H20N3OS+. The van der Waals surface area contributed by atoms with Gasteiger partial charge in [0.05, 0.1) is 31.3 Å². The van der Waals surface area contributed by atoms with Crippen molar-refractivity contribution in [1.29, 1.82) is 5.26 Å². The average Bonchev–Trinajstić information content (AvgIpc) is 2.38. The number of rotatable bonds is 6. The third kappa shape index (κ3) is 5.33. The summed E-state index contributed by atoms with van der Waals surface area (Å²) in [5.41, 5.74) is 0.848. The number of nitrogens with zero attached hydrogens (tertiary/aromatic N) is 1. The van der Waals surface area contributed by atoms with Gasteiger partial charge in [-0.2, -0.15) is 5.26 Å². The van der Waals surface area contributed by atoms with Crippen molar-refractivity contribution >= 4 is 23.4 Å². The molecule has 0 radical (unpaired) electrons. The third-order valence-corrected chi connectivity index (χ3v) is 3.51. The van der Waals surface area contributed by atoms with Crippen molar-refractivity contribution in [3.63, 3.8) is 0 Å². The number of anilines is 1. The van der Waals surface area contributed by atoms with Gasteiger partial charge in [0.15, 0.2) is 6.54 Å². The van der Waals surface area contributed by atoms with E-state index in [9.17, 15) is 4.79 Å². The van der Waals surface area contributed by atoms with Crippen LogP contribution in [0.25, 0.3) is 0 Å². The van der Waals surface area contributed by atoms with Gasteiger partial charge in [-0.15, -0.1) is 11.8 Å². The zero-order chi connectivity index (χ0) is 14.3. The van der Waals surface area contributed by atoms with Gasteiger partial charge >= 0.3 is 0 Å². The molecule has 2 atom stereocenters. The second-order valence-electron chi connectivity index (χ2n) is 4.62. The molecule has 0 aliphatic carbocycles. The van der Waals surface area contributed by atoms with Crippen LogP contribution in [0.1, 0.15) is 6.92 Å². The molecule has 0 saturated heterocycles. The highest BCUT2D eigenvalue weighted by atomic mass is 32.2. The highest BCUT2D eigenvalue weighted by Crippen LogP contribution is 2.24. The zero-order valence-electron chi connectivity index (χ0n) is 11.6. The van der Waals surface area contributed by atoms with E-state index in [0.29, 0.717) is 13.1 Å². The van der Waals surface area contributed by atoms with Crippen LogP contribution in [0.2, 0.25) is 0 Å². The van der Waals surface area contributed by atoms with E-state index in [2.05, 4.69) is 11.4 Å². The van der Waals surface area contributed by atoms with Gasteiger partial charge in [0.2, 0.25) is 0 Å². The molecule has 1 aromatic rings. The Morgan fingerprint density at radius 1 is 1.53 bits per heavy atom. The Morgan fingerprint density at radius 2 is 2.21 bits per heavy atom. The van der Waals surface area contributed by atoms with Crippen molar-refractivity contribution in [2.75, 3.05) is 31.7 Å². The number of carbonyl (C=O) groups is 1. The molecular weight excluding hydrogens is 258 g/mol. The van der Waals surface area contributed by atoms with E-state index in [1.54, 1.807) is 11.8 Å². The summed E-state index contributed by atoms with van der Waals surface area (Å²) in [4.78, 5) is 14.0. The topological polar surface area (TPSA) is 57.3 Å². The molecule has 102 valence electrons. The molecule has 5 heteroatoms. The van der Waals surface area contributed by atoms with Crippen molar-refractivity contribution in [2.24, 2.45) is 5.92 Å². The fourth-order valence-corrected chi connectivity index (χ4v) is 2.41. The van der Waals surface area contributed by atoms with Gasteiger partial charge in [-0.1, -0.05) is 12.1 Å². The minimum Gasteiger partial charge on any atom is -0.329 e. The first kappa shape index (κ1) is 15.5. The molecule has 4 nitrogen and oxygen atoms in total. The molecule has 1 amide bonds. The van der Waals surface area contributed by atoms with E-state index in [-0.39, 0.29) is 11.8 Å². The maximum Gasteiger partial charge on any atom is 0.279 e. The molecule has 19 heavy (non-hydrogen) atoms. The van der Waals surface area contributed by atoms with Crippen LogP contribution in [-0.2, 0) is 4.79 Å². The molecule has 0 aliphatic heterocycles. The van der Waals surface area contributed by atoms with Crippen LogP contribution in [0.5, 0.6) is 0 Å². The number of likely N-dealkylation sites (N-methyl/N-ethyl adjacent to an activating group) is 1. The Kier molecular flexibility index (Phi) is 6.40. The summed E-state index contributed by atoms with van der Waals surface area (Å²) in [7, 11) is 1.92. The molecule has 0 fully saturated rings. The second kappa shape index (κ2) is 7.82. The number of carbonyl (C=O) groups excluding carboxylic acids is 1. The number of amides is 1. The molecule has 2 N–H and O–H groups in total. The molecule has 1 rings (SSSR count). The Balaban J connectivity index is 2.54. The second-order valence-corrected chi connectivity index (χ2v) is 5.46. The number of nitriles is 1. The number of para-hydroxylation sites is 1. The van der Waals surface area contributed by atoms with Crippen LogP contribution in [0.4, 0.5) is 5.69 Å². The molecule has 0 bridgehead atoms. The van der Waals surface area contributed by atoms with Gasteiger partial charge in [0, 0.05) is 4.90 Å². The predicted molar refractivity (Wildman–Crippen MR) is 78.3 cm³/mol. The van der Waals surface area contributed by atoms with Gasteiger partial charge < -0.3 is 10.2 Å². The van der Waals surface area contributed by atoms with E-state index in [1.165, 1.54) is 0 Å². The van der Waals surface area contributed by atoms with E-state index >= 15 is 0 Å². The van der Waals surface area contributed by atoms with E-state index < -0.39 is 0 Å². The summed E-state index contributed by atoms with van der Waals surface area (Å²) in [6.07, 6.45) is 1.98.